The van der Waals surface area contributed by atoms with E-state index in [0.29, 0.717) is 17.4 Å². The number of nitrogens with zero attached hydrogens (tertiary/aromatic N) is 2. The van der Waals surface area contributed by atoms with E-state index in [9.17, 15) is 14.3 Å². The molecule has 2 N–H and O–H groups in total. The molecule has 0 spiro atoms. The highest BCUT2D eigenvalue weighted by atomic mass is 32.2. The summed E-state index contributed by atoms with van der Waals surface area (Å²) in [6.45, 7) is 0.427. The number of furan rings is 1. The number of anilines is 1. The van der Waals surface area contributed by atoms with Crippen molar-refractivity contribution in [2.45, 2.75) is 11.7 Å². The molecule has 0 aliphatic carbocycles. The predicted octanol–water partition coefficient (Wildman–Crippen LogP) is 4.77. The Labute approximate surface area is 176 Å². The fraction of sp³-hybridized carbons (Fsp3) is 0.0909. The van der Waals surface area contributed by atoms with Crippen molar-refractivity contribution in [3.63, 3.8) is 0 Å². The SMILES string of the molecule is O=C(CSc1ncc(-c2ccc(F)cc2)n1Cc1ccco1)Nc1cccc(O)c1. The number of nitrogens with one attached hydrogen (secondary N) is 1. The van der Waals surface area contributed by atoms with Crippen LogP contribution in [0.3, 0.4) is 0 Å². The number of amides is 1. The van der Waals surface area contributed by atoms with Crippen LogP contribution in [0.2, 0.25) is 0 Å². The van der Waals surface area contributed by atoms with Gasteiger partial charge in [0.25, 0.3) is 0 Å². The number of aromatic nitrogens is 2. The Hall–Kier alpha value is -3.52. The summed E-state index contributed by atoms with van der Waals surface area (Å²) in [6, 6.07) is 16.2. The van der Waals surface area contributed by atoms with Crippen molar-refractivity contribution in [2.24, 2.45) is 0 Å². The van der Waals surface area contributed by atoms with Crippen molar-refractivity contribution in [2.75, 3.05) is 11.1 Å². The third-order valence-electron chi connectivity index (χ3n) is 4.32. The number of benzene rings is 2. The maximum atomic E-state index is 13.3. The van der Waals surface area contributed by atoms with Crippen LogP contribution in [0.15, 0.2) is 82.7 Å². The minimum absolute atomic E-state index is 0.0818. The van der Waals surface area contributed by atoms with Crippen molar-refractivity contribution < 1.29 is 18.7 Å². The van der Waals surface area contributed by atoms with Crippen molar-refractivity contribution in [3.8, 4) is 17.0 Å². The molecule has 0 saturated heterocycles. The van der Waals surface area contributed by atoms with Gasteiger partial charge in [0.2, 0.25) is 5.91 Å². The number of phenolic OH excluding ortho intramolecular Hbond substituents is 1. The van der Waals surface area contributed by atoms with Gasteiger partial charge >= 0.3 is 0 Å². The second kappa shape index (κ2) is 8.87. The molecule has 4 rings (SSSR count). The first-order valence-electron chi connectivity index (χ1n) is 9.14. The number of carbonyl (C=O) groups is 1. The topological polar surface area (TPSA) is 80.3 Å². The first-order valence-corrected chi connectivity index (χ1v) is 10.1. The number of hydrogen-bond donors (Lipinski definition) is 2. The fourth-order valence-corrected chi connectivity index (χ4v) is 3.73. The largest absolute Gasteiger partial charge is 0.508 e. The maximum absolute atomic E-state index is 13.3. The summed E-state index contributed by atoms with van der Waals surface area (Å²) >= 11 is 1.28. The molecule has 8 heteroatoms. The Morgan fingerprint density at radius 3 is 2.73 bits per heavy atom. The molecule has 2 heterocycles. The molecule has 0 atom stereocenters. The van der Waals surface area contributed by atoms with Gasteiger partial charge in [0.05, 0.1) is 30.5 Å². The Kier molecular flexibility index (Phi) is 5.85. The highest BCUT2D eigenvalue weighted by Crippen LogP contribution is 2.28. The van der Waals surface area contributed by atoms with Gasteiger partial charge in [-0.15, -0.1) is 0 Å². The van der Waals surface area contributed by atoms with Crippen LogP contribution < -0.4 is 5.32 Å². The van der Waals surface area contributed by atoms with Crippen LogP contribution in [0.25, 0.3) is 11.3 Å². The van der Waals surface area contributed by atoms with Gasteiger partial charge in [-0.25, -0.2) is 9.37 Å². The first kappa shape index (κ1) is 19.8. The standard InChI is InChI=1S/C22H18FN3O3S/c23-16-8-6-15(7-9-16)20-12-24-22(26(20)13-19-5-2-10-29-19)30-14-21(28)25-17-3-1-4-18(27)11-17/h1-12,27H,13-14H2,(H,25,28). The van der Waals surface area contributed by atoms with E-state index in [4.69, 9.17) is 4.42 Å². The quantitative estimate of drug-likeness (QED) is 0.419. The van der Waals surface area contributed by atoms with Crippen LogP contribution in [-0.2, 0) is 11.3 Å². The first-order chi connectivity index (χ1) is 14.6. The van der Waals surface area contributed by atoms with Gasteiger partial charge in [0.15, 0.2) is 5.16 Å². The number of aromatic hydroxyl groups is 1. The van der Waals surface area contributed by atoms with E-state index >= 15 is 0 Å². The lowest BCUT2D eigenvalue weighted by atomic mass is 10.1. The van der Waals surface area contributed by atoms with E-state index in [-0.39, 0.29) is 23.2 Å². The number of carbonyl (C=O) groups excluding carboxylic acids is 1. The van der Waals surface area contributed by atoms with Crippen LogP contribution in [0.1, 0.15) is 5.76 Å². The number of phenols is 1. The van der Waals surface area contributed by atoms with E-state index in [2.05, 4.69) is 10.3 Å². The molecule has 0 aliphatic rings. The summed E-state index contributed by atoms with van der Waals surface area (Å²) < 4.78 is 20.7. The Balaban J connectivity index is 1.53. The average Bonchev–Trinajstić information content (AvgIpc) is 3.38. The van der Waals surface area contributed by atoms with Gasteiger partial charge in [-0.3, -0.25) is 4.79 Å². The summed E-state index contributed by atoms with van der Waals surface area (Å²) in [4.78, 5) is 16.8. The third-order valence-corrected chi connectivity index (χ3v) is 5.31. The Morgan fingerprint density at radius 1 is 1.17 bits per heavy atom. The Bertz CT molecular complexity index is 1140. The number of halogens is 1. The average molecular weight is 423 g/mol. The molecule has 4 aromatic rings. The van der Waals surface area contributed by atoms with E-state index in [1.165, 1.54) is 36.0 Å². The smallest absolute Gasteiger partial charge is 0.234 e. The van der Waals surface area contributed by atoms with Crippen LogP contribution in [-0.4, -0.2) is 26.3 Å². The molecule has 2 aromatic heterocycles. The number of thioether (sulfide) groups is 1. The van der Waals surface area contributed by atoms with Crippen molar-refractivity contribution in [1.29, 1.82) is 0 Å². The van der Waals surface area contributed by atoms with Gasteiger partial charge in [-0.1, -0.05) is 17.8 Å². The Morgan fingerprint density at radius 2 is 2.00 bits per heavy atom. The maximum Gasteiger partial charge on any atom is 0.234 e. The van der Waals surface area contributed by atoms with Gasteiger partial charge in [0.1, 0.15) is 17.3 Å². The molecule has 2 aromatic carbocycles. The molecule has 0 unspecified atom stereocenters. The van der Waals surface area contributed by atoms with E-state index in [0.717, 1.165) is 17.0 Å². The molecular weight excluding hydrogens is 405 g/mol. The molecular formula is C22H18FN3O3S. The summed E-state index contributed by atoms with van der Waals surface area (Å²) in [7, 11) is 0. The van der Waals surface area contributed by atoms with Crippen molar-refractivity contribution in [1.82, 2.24) is 9.55 Å². The number of imidazole rings is 1. The predicted molar refractivity (Wildman–Crippen MR) is 113 cm³/mol. The van der Waals surface area contributed by atoms with Crippen molar-refractivity contribution in [3.05, 3.63) is 84.7 Å². The number of hydrogen-bond acceptors (Lipinski definition) is 5. The van der Waals surface area contributed by atoms with Crippen LogP contribution in [0.4, 0.5) is 10.1 Å². The zero-order valence-corrected chi connectivity index (χ0v) is 16.6. The molecule has 6 nitrogen and oxygen atoms in total. The molecule has 152 valence electrons. The number of rotatable bonds is 7. The van der Waals surface area contributed by atoms with Gasteiger partial charge in [-0.2, -0.15) is 0 Å². The van der Waals surface area contributed by atoms with Crippen LogP contribution >= 0.6 is 11.8 Å². The summed E-state index contributed by atoms with van der Waals surface area (Å²) in [5, 5.41) is 12.9. The zero-order valence-electron chi connectivity index (χ0n) is 15.8. The molecule has 0 aliphatic heterocycles. The highest BCUT2D eigenvalue weighted by molar-refractivity contribution is 7.99. The monoisotopic (exact) mass is 423 g/mol. The zero-order chi connectivity index (χ0) is 20.9. The van der Waals surface area contributed by atoms with Gasteiger partial charge in [-0.05, 0) is 54.1 Å². The lowest BCUT2D eigenvalue weighted by molar-refractivity contribution is -0.113. The molecule has 0 bridgehead atoms. The van der Waals surface area contributed by atoms with Crippen LogP contribution in [0, 0.1) is 5.82 Å². The summed E-state index contributed by atoms with van der Waals surface area (Å²) in [5.74, 6) is 0.421. The van der Waals surface area contributed by atoms with Gasteiger partial charge in [0, 0.05) is 11.8 Å². The summed E-state index contributed by atoms with van der Waals surface area (Å²) in [6.07, 6.45) is 3.30. The molecule has 1 amide bonds. The highest BCUT2D eigenvalue weighted by Gasteiger charge is 2.15. The minimum Gasteiger partial charge on any atom is -0.508 e. The molecule has 0 saturated carbocycles. The summed E-state index contributed by atoms with van der Waals surface area (Å²) in [5.41, 5.74) is 2.13. The van der Waals surface area contributed by atoms with Crippen molar-refractivity contribution >= 4 is 23.4 Å². The van der Waals surface area contributed by atoms with E-state index in [1.54, 1.807) is 42.8 Å². The van der Waals surface area contributed by atoms with E-state index < -0.39 is 0 Å². The lowest BCUT2D eigenvalue weighted by Crippen LogP contribution is -2.14. The molecule has 30 heavy (non-hydrogen) atoms. The normalized spacial score (nSPS) is 10.8. The fourth-order valence-electron chi connectivity index (χ4n) is 2.95. The second-order valence-electron chi connectivity index (χ2n) is 6.49. The third kappa shape index (κ3) is 4.72. The second-order valence-corrected chi connectivity index (χ2v) is 7.43. The van der Waals surface area contributed by atoms with E-state index in [1.807, 2.05) is 10.6 Å². The minimum atomic E-state index is -0.311. The molecule has 0 radical (unpaired) electrons. The lowest BCUT2D eigenvalue weighted by Gasteiger charge is -2.11. The van der Waals surface area contributed by atoms with Gasteiger partial charge < -0.3 is 19.4 Å². The molecule has 0 fully saturated rings. The van der Waals surface area contributed by atoms with Crippen LogP contribution in [0.5, 0.6) is 5.75 Å².